The Labute approximate surface area is 221 Å². The predicted octanol–water partition coefficient (Wildman–Crippen LogP) is 4.07. The molecule has 1 spiro atoms. The third kappa shape index (κ3) is 5.52. The summed E-state index contributed by atoms with van der Waals surface area (Å²) >= 11 is 0. The predicted molar refractivity (Wildman–Crippen MR) is 130 cm³/mol. The summed E-state index contributed by atoms with van der Waals surface area (Å²) in [5, 5.41) is 5.04. The number of carbonyl (C=O) groups excluding carboxylic acids is 4. The number of ether oxygens (including phenoxy) is 1. The fraction of sp³-hybridized carbons (Fsp3) is 0.385. The summed E-state index contributed by atoms with van der Waals surface area (Å²) in [5.74, 6) is -2.58. The van der Waals surface area contributed by atoms with Crippen molar-refractivity contribution in [3.63, 3.8) is 0 Å². The number of hydrogen-bond donors (Lipinski definition) is 2. The van der Waals surface area contributed by atoms with Crippen LogP contribution in [0.5, 0.6) is 0 Å². The number of alkyl halides is 3. The van der Waals surface area contributed by atoms with Crippen molar-refractivity contribution in [2.45, 2.75) is 50.6 Å². The molecule has 1 fully saturated rings. The lowest BCUT2D eigenvalue weighted by molar-refractivity contribution is -0.187. The number of rotatable bonds is 6. The number of nitrogens with one attached hydrogen (secondary N) is 2. The van der Waals surface area contributed by atoms with Crippen LogP contribution in [0, 0.1) is 5.82 Å². The highest BCUT2D eigenvalue weighted by Crippen LogP contribution is 2.44. The van der Waals surface area contributed by atoms with Crippen molar-refractivity contribution in [1.82, 2.24) is 15.1 Å². The van der Waals surface area contributed by atoms with Gasteiger partial charge in [-0.3, -0.25) is 9.59 Å². The summed E-state index contributed by atoms with van der Waals surface area (Å²) in [6.45, 7) is -0.701. The quantitative estimate of drug-likeness (QED) is 0.528. The molecule has 0 bridgehead atoms. The van der Waals surface area contributed by atoms with E-state index in [4.69, 9.17) is 4.74 Å². The molecule has 208 valence electrons. The SMILES string of the molecule is CNC(=O)Nc1ccc2c(c1)CCC[C@]21OC(=O)N(CC(=O)N(Cc2ccc(F)cc2)[C@@H](C)C(F)(F)F)C1=O. The molecule has 0 radical (unpaired) electrons. The number of hydrogen-bond acceptors (Lipinski definition) is 5. The molecule has 4 rings (SSSR count). The van der Waals surface area contributed by atoms with E-state index < -0.39 is 60.7 Å². The molecule has 1 heterocycles. The van der Waals surface area contributed by atoms with Gasteiger partial charge < -0.3 is 20.3 Å². The Morgan fingerprint density at radius 3 is 2.49 bits per heavy atom. The van der Waals surface area contributed by atoms with E-state index in [1.165, 1.54) is 25.2 Å². The zero-order valence-electron chi connectivity index (χ0n) is 21.1. The minimum absolute atomic E-state index is 0.121. The van der Waals surface area contributed by atoms with Crippen LogP contribution in [0.25, 0.3) is 0 Å². The Morgan fingerprint density at radius 1 is 1.15 bits per heavy atom. The molecule has 1 saturated heterocycles. The third-order valence-corrected chi connectivity index (χ3v) is 6.89. The van der Waals surface area contributed by atoms with E-state index in [0.717, 1.165) is 19.1 Å². The van der Waals surface area contributed by atoms with Crippen molar-refractivity contribution in [3.8, 4) is 0 Å². The van der Waals surface area contributed by atoms with Gasteiger partial charge in [0, 0.05) is 31.3 Å². The number of amides is 5. The molecular formula is C26H26F4N4O5. The Hall–Kier alpha value is -4.16. The maximum Gasteiger partial charge on any atom is 0.418 e. The van der Waals surface area contributed by atoms with Crippen molar-refractivity contribution in [3.05, 3.63) is 65.0 Å². The molecule has 2 N–H and O–H groups in total. The molecule has 0 aromatic heterocycles. The molecule has 2 aromatic rings. The minimum atomic E-state index is -4.80. The smallest absolute Gasteiger partial charge is 0.418 e. The second-order valence-corrected chi connectivity index (χ2v) is 9.38. The van der Waals surface area contributed by atoms with Gasteiger partial charge >= 0.3 is 18.3 Å². The van der Waals surface area contributed by atoms with E-state index in [-0.39, 0.29) is 12.0 Å². The van der Waals surface area contributed by atoms with E-state index in [9.17, 15) is 36.7 Å². The van der Waals surface area contributed by atoms with Crippen molar-refractivity contribution >= 4 is 29.6 Å². The van der Waals surface area contributed by atoms with Crippen LogP contribution < -0.4 is 10.6 Å². The van der Waals surface area contributed by atoms with Gasteiger partial charge in [-0.25, -0.2) is 18.9 Å². The number of halogens is 4. The van der Waals surface area contributed by atoms with Crippen LogP contribution in [-0.2, 0) is 32.9 Å². The minimum Gasteiger partial charge on any atom is -0.427 e. The largest absolute Gasteiger partial charge is 0.427 e. The fourth-order valence-electron chi connectivity index (χ4n) is 4.77. The number of fused-ring (bicyclic) bond motifs is 2. The van der Waals surface area contributed by atoms with Crippen molar-refractivity contribution < 1.29 is 41.5 Å². The summed E-state index contributed by atoms with van der Waals surface area (Å²) < 4.78 is 59.7. The number of carbonyl (C=O) groups is 4. The zero-order chi connectivity index (χ0) is 28.5. The Balaban J connectivity index is 1.59. The molecule has 2 aliphatic rings. The van der Waals surface area contributed by atoms with Crippen LogP contribution in [0.3, 0.4) is 0 Å². The summed E-state index contributed by atoms with van der Waals surface area (Å²) in [7, 11) is 1.45. The first kappa shape index (κ1) is 27.9. The van der Waals surface area contributed by atoms with Crippen LogP contribution in [0.1, 0.15) is 36.5 Å². The first-order valence-electron chi connectivity index (χ1n) is 12.1. The van der Waals surface area contributed by atoms with Crippen LogP contribution in [0.15, 0.2) is 42.5 Å². The molecule has 39 heavy (non-hydrogen) atoms. The summed E-state index contributed by atoms with van der Waals surface area (Å²) in [4.78, 5) is 52.2. The Bertz CT molecular complexity index is 1300. The van der Waals surface area contributed by atoms with Gasteiger partial charge in [0.15, 0.2) is 0 Å². The monoisotopic (exact) mass is 550 g/mol. The number of nitrogens with zero attached hydrogens (tertiary/aromatic N) is 2. The second kappa shape index (κ2) is 10.5. The van der Waals surface area contributed by atoms with Crippen LogP contribution in [0.2, 0.25) is 0 Å². The molecule has 0 unspecified atom stereocenters. The Kier molecular flexibility index (Phi) is 7.53. The van der Waals surface area contributed by atoms with Crippen LogP contribution in [0.4, 0.5) is 32.8 Å². The highest BCUT2D eigenvalue weighted by atomic mass is 19.4. The van der Waals surface area contributed by atoms with E-state index in [1.807, 2.05) is 0 Å². The fourth-order valence-corrected chi connectivity index (χ4v) is 4.77. The highest BCUT2D eigenvalue weighted by Gasteiger charge is 2.57. The van der Waals surface area contributed by atoms with Gasteiger partial charge in [-0.2, -0.15) is 13.2 Å². The van der Waals surface area contributed by atoms with E-state index >= 15 is 0 Å². The third-order valence-electron chi connectivity index (χ3n) is 6.89. The molecule has 2 aromatic carbocycles. The molecular weight excluding hydrogens is 524 g/mol. The first-order valence-corrected chi connectivity index (χ1v) is 12.1. The van der Waals surface area contributed by atoms with E-state index in [2.05, 4.69) is 10.6 Å². The Morgan fingerprint density at radius 2 is 1.85 bits per heavy atom. The molecule has 1 aliphatic heterocycles. The van der Waals surface area contributed by atoms with E-state index in [1.54, 1.807) is 12.1 Å². The van der Waals surface area contributed by atoms with E-state index in [0.29, 0.717) is 39.5 Å². The normalized spacial score (nSPS) is 19.4. The van der Waals surface area contributed by atoms with Gasteiger partial charge in [0.1, 0.15) is 18.4 Å². The van der Waals surface area contributed by atoms with Gasteiger partial charge in [-0.05, 0) is 55.2 Å². The number of aryl methyl sites for hydroxylation is 1. The van der Waals surface area contributed by atoms with Crippen molar-refractivity contribution in [2.24, 2.45) is 0 Å². The number of imide groups is 1. The highest BCUT2D eigenvalue weighted by molar-refractivity contribution is 6.06. The second-order valence-electron chi connectivity index (χ2n) is 9.38. The zero-order valence-corrected chi connectivity index (χ0v) is 21.1. The van der Waals surface area contributed by atoms with Gasteiger partial charge in [0.25, 0.3) is 5.91 Å². The van der Waals surface area contributed by atoms with Gasteiger partial charge in [-0.15, -0.1) is 0 Å². The van der Waals surface area contributed by atoms with Gasteiger partial charge in [-0.1, -0.05) is 18.2 Å². The topological polar surface area (TPSA) is 108 Å². The standard InChI is InChI=1S/C26H26F4N4O5/c1-15(26(28,29)30)33(13-16-5-7-18(27)8-6-16)21(35)14-34-22(36)25(39-24(34)38)11-3-4-17-12-19(9-10-20(17)25)32-23(37)31-2/h5-10,12,15H,3-4,11,13-14H2,1-2H3,(H2,31,32,37)/t15-,25-/m0/s1. The number of benzene rings is 2. The average Bonchev–Trinajstić information content (AvgIpc) is 3.11. The molecule has 13 heteroatoms. The maximum absolute atomic E-state index is 13.6. The van der Waals surface area contributed by atoms with Gasteiger partial charge in [0.05, 0.1) is 0 Å². The van der Waals surface area contributed by atoms with Gasteiger partial charge in [0.2, 0.25) is 11.5 Å². The van der Waals surface area contributed by atoms with Crippen molar-refractivity contribution in [2.75, 3.05) is 18.9 Å². The lowest BCUT2D eigenvalue weighted by Gasteiger charge is -2.33. The molecule has 2 atom stereocenters. The average molecular weight is 551 g/mol. The summed E-state index contributed by atoms with van der Waals surface area (Å²) in [6, 6.07) is 6.62. The van der Waals surface area contributed by atoms with Crippen LogP contribution >= 0.6 is 0 Å². The molecule has 1 aliphatic carbocycles. The number of anilines is 1. The lowest BCUT2D eigenvalue weighted by Crippen LogP contribution is -2.51. The molecule has 9 nitrogen and oxygen atoms in total. The first-order chi connectivity index (χ1) is 18.4. The number of urea groups is 1. The molecule has 0 saturated carbocycles. The molecule has 5 amide bonds. The van der Waals surface area contributed by atoms with Crippen molar-refractivity contribution in [1.29, 1.82) is 0 Å². The van der Waals surface area contributed by atoms with Crippen LogP contribution in [-0.4, -0.2) is 59.5 Å². The summed E-state index contributed by atoms with van der Waals surface area (Å²) in [5.41, 5.74) is -0.0144. The lowest BCUT2D eigenvalue weighted by atomic mass is 9.78. The maximum atomic E-state index is 13.6. The summed E-state index contributed by atoms with van der Waals surface area (Å²) in [6.07, 6.45) is -4.85.